The van der Waals surface area contributed by atoms with Gasteiger partial charge in [-0.3, -0.25) is 0 Å². The molecule has 0 saturated heterocycles. The van der Waals surface area contributed by atoms with Gasteiger partial charge < -0.3 is 19.8 Å². The van der Waals surface area contributed by atoms with Gasteiger partial charge >= 0.3 is 78.4 Å². The first-order chi connectivity index (χ1) is 1.73. The van der Waals surface area contributed by atoms with Crippen molar-refractivity contribution < 1.29 is 49.3 Å². The monoisotopic (exact) mass is 240 g/mol. The molecule has 0 aliphatic rings. The van der Waals surface area contributed by atoms with Crippen LogP contribution >= 0.6 is 0 Å². The van der Waals surface area contributed by atoms with Gasteiger partial charge in [0.15, 0.2) is 0 Å². The van der Waals surface area contributed by atoms with Crippen LogP contribution in [0.15, 0.2) is 0 Å². The van der Waals surface area contributed by atoms with Crippen LogP contribution in [0.25, 0.3) is 0 Å². The Labute approximate surface area is 103 Å². The zero-order valence-electron chi connectivity index (χ0n) is 3.93. The molecule has 0 bridgehead atoms. The van der Waals surface area contributed by atoms with Crippen LogP contribution in [0, 0.1) is 0 Å². The van der Waals surface area contributed by atoms with Gasteiger partial charge in [-0.15, -0.1) is 0 Å². The number of hydrogen-bond donors (Lipinski definition) is 1. The SMILES string of the molecule is [Ba+2].[F-].[Na+].[O-]B([O-])O. The summed E-state index contributed by atoms with van der Waals surface area (Å²) >= 11 is 0. The second kappa shape index (κ2) is 15.8. The van der Waals surface area contributed by atoms with E-state index in [-0.39, 0.29) is 83.1 Å². The van der Waals surface area contributed by atoms with Crippen LogP contribution in [0.3, 0.4) is 0 Å². The van der Waals surface area contributed by atoms with E-state index in [4.69, 9.17) is 15.1 Å². The molecule has 7 heteroatoms. The minimum absolute atomic E-state index is 0. The van der Waals surface area contributed by atoms with Gasteiger partial charge in [-0.2, -0.15) is 0 Å². The van der Waals surface area contributed by atoms with Crippen molar-refractivity contribution in [1.82, 2.24) is 0 Å². The summed E-state index contributed by atoms with van der Waals surface area (Å²) in [6.07, 6.45) is 0. The third-order valence-electron chi connectivity index (χ3n) is 0. The normalized spacial score (nSPS) is 3.86. The molecule has 0 aromatic rings. The first kappa shape index (κ1) is 22.7. The fraction of sp³-hybridized carbons (Fsp3) is 0. The van der Waals surface area contributed by atoms with Crippen molar-refractivity contribution in [3.8, 4) is 0 Å². The van der Waals surface area contributed by atoms with Gasteiger partial charge in [0.2, 0.25) is 0 Å². The zero-order chi connectivity index (χ0) is 3.58. The zero-order valence-corrected chi connectivity index (χ0v) is 10.4. The van der Waals surface area contributed by atoms with Crippen LogP contribution in [0.1, 0.15) is 0 Å². The third-order valence-corrected chi connectivity index (χ3v) is 0. The van der Waals surface area contributed by atoms with Crippen LogP contribution in [-0.2, 0) is 0 Å². The Hall–Kier alpha value is 2.45. The molecule has 0 atom stereocenters. The van der Waals surface area contributed by atoms with Crippen molar-refractivity contribution in [2.75, 3.05) is 0 Å². The van der Waals surface area contributed by atoms with Crippen LogP contribution in [0.5, 0.6) is 0 Å². The topological polar surface area (TPSA) is 66.3 Å². The van der Waals surface area contributed by atoms with Crippen molar-refractivity contribution in [3.63, 3.8) is 0 Å². The van der Waals surface area contributed by atoms with Crippen LogP contribution < -0.4 is 44.3 Å². The van der Waals surface area contributed by atoms with Crippen molar-refractivity contribution in [2.24, 2.45) is 0 Å². The van der Waals surface area contributed by atoms with E-state index in [1.807, 2.05) is 0 Å². The molecule has 0 aliphatic heterocycles. The maximum Gasteiger partial charge on any atom is 2.00 e. The van der Waals surface area contributed by atoms with Crippen LogP contribution in [-0.4, -0.2) is 61.2 Å². The molecule has 7 heavy (non-hydrogen) atoms. The van der Waals surface area contributed by atoms with E-state index < -0.39 is 7.32 Å². The summed E-state index contributed by atoms with van der Waals surface area (Å²) in [5, 5.41) is 24.0. The minimum Gasteiger partial charge on any atom is -1.00 e. The molecule has 0 amide bonds. The molecule has 0 heterocycles. The summed E-state index contributed by atoms with van der Waals surface area (Å²) in [6.45, 7) is 0. The average molecular weight is 239 g/mol. The molecule has 0 unspecified atom stereocenters. The standard InChI is InChI=1S/BHO3.Ba.FH.Na/c2-1(3)4;;;/h2H;;1H;/q-2;+2;;+1/p-1. The van der Waals surface area contributed by atoms with Gasteiger partial charge in [0.25, 0.3) is 0 Å². The third kappa shape index (κ3) is 58.6. The molecular weight excluding hydrogens is 238 g/mol. The average Bonchev–Trinajstić information content (AvgIpc) is 0.811. The maximum atomic E-state index is 8.53. The molecule has 0 saturated carbocycles. The van der Waals surface area contributed by atoms with Crippen molar-refractivity contribution in [1.29, 1.82) is 0 Å². The summed E-state index contributed by atoms with van der Waals surface area (Å²) in [4.78, 5) is 0. The molecule has 0 fully saturated rings. The molecule has 1 N–H and O–H groups in total. The Kier molecular flexibility index (Phi) is 51.2. The van der Waals surface area contributed by atoms with Crippen LogP contribution in [0.2, 0.25) is 0 Å². The Morgan fingerprint density at radius 2 is 1.29 bits per heavy atom. The molecule has 3 nitrogen and oxygen atoms in total. The minimum atomic E-state index is -2.67. The Balaban J connectivity index is -0.0000000150. The van der Waals surface area contributed by atoms with E-state index in [0.29, 0.717) is 0 Å². The molecular formula is HBBaFNaO3. The van der Waals surface area contributed by atoms with Crippen LogP contribution in [0.4, 0.5) is 0 Å². The predicted octanol–water partition coefficient (Wildman–Crippen LogP) is -9.69. The molecule has 0 aromatic carbocycles. The number of rotatable bonds is 0. The Bertz CT molecular complexity index is 19.7. The molecule has 32 valence electrons. The smallest absolute Gasteiger partial charge is 1.00 e. The summed E-state index contributed by atoms with van der Waals surface area (Å²) in [5.74, 6) is 0. The molecule has 0 spiro atoms. The molecule has 0 aliphatic carbocycles. The van der Waals surface area contributed by atoms with Gasteiger partial charge in [-0.25, -0.2) is 0 Å². The van der Waals surface area contributed by atoms with Gasteiger partial charge in [0, 0.05) is 0 Å². The Morgan fingerprint density at radius 1 is 1.29 bits per heavy atom. The first-order valence-corrected chi connectivity index (χ1v) is 0.730. The number of halogens is 1. The van der Waals surface area contributed by atoms with E-state index in [2.05, 4.69) is 0 Å². The second-order valence-electron chi connectivity index (χ2n) is 0.307. The van der Waals surface area contributed by atoms with E-state index in [1.165, 1.54) is 0 Å². The summed E-state index contributed by atoms with van der Waals surface area (Å²) in [7, 11) is -2.67. The van der Waals surface area contributed by atoms with Gasteiger partial charge in [0.05, 0.1) is 7.32 Å². The van der Waals surface area contributed by atoms with Crippen molar-refractivity contribution in [2.45, 2.75) is 0 Å². The summed E-state index contributed by atoms with van der Waals surface area (Å²) < 4.78 is 0. The van der Waals surface area contributed by atoms with Gasteiger partial charge in [-0.05, 0) is 0 Å². The maximum absolute atomic E-state index is 8.53. The van der Waals surface area contributed by atoms with E-state index in [0.717, 1.165) is 0 Å². The van der Waals surface area contributed by atoms with E-state index in [1.54, 1.807) is 0 Å². The first-order valence-electron chi connectivity index (χ1n) is 0.730. The van der Waals surface area contributed by atoms with E-state index in [9.17, 15) is 0 Å². The van der Waals surface area contributed by atoms with Crippen molar-refractivity contribution >= 4 is 56.2 Å². The Morgan fingerprint density at radius 3 is 1.29 bits per heavy atom. The summed E-state index contributed by atoms with van der Waals surface area (Å²) in [6, 6.07) is 0. The molecule has 0 aromatic heterocycles. The molecule has 0 rings (SSSR count). The van der Waals surface area contributed by atoms with Crippen molar-refractivity contribution in [3.05, 3.63) is 0 Å². The fourth-order valence-corrected chi connectivity index (χ4v) is 0. The van der Waals surface area contributed by atoms with E-state index >= 15 is 0 Å². The predicted molar refractivity (Wildman–Crippen MR) is 13.7 cm³/mol. The summed E-state index contributed by atoms with van der Waals surface area (Å²) in [5.41, 5.74) is 0. The fourth-order valence-electron chi connectivity index (χ4n) is 0. The van der Waals surface area contributed by atoms with Gasteiger partial charge in [0.1, 0.15) is 0 Å². The number of hydrogen-bond acceptors (Lipinski definition) is 3. The largest absolute Gasteiger partial charge is 2.00 e. The second-order valence-corrected chi connectivity index (χ2v) is 0.307. The molecule has 0 radical (unpaired) electrons. The quantitative estimate of drug-likeness (QED) is 0.427. The van der Waals surface area contributed by atoms with Gasteiger partial charge in [-0.1, -0.05) is 0 Å².